The molecule has 3 nitrogen and oxygen atoms in total. The second-order valence-corrected chi connectivity index (χ2v) is 4.20. The van der Waals surface area contributed by atoms with Crippen LogP contribution in [0.25, 0.3) is 10.7 Å². The molecule has 0 fully saturated rings. The minimum atomic E-state index is 0.808. The van der Waals surface area contributed by atoms with Gasteiger partial charge in [-0.05, 0) is 28.1 Å². The molecule has 5 heteroatoms. The largest absolute Gasteiger partial charge is 0.359 e. The Morgan fingerprint density at radius 3 is 2.91 bits per heavy atom. The summed E-state index contributed by atoms with van der Waals surface area (Å²) in [7, 11) is 0. The Kier molecular flexibility index (Phi) is 1.75. The summed E-state index contributed by atoms with van der Waals surface area (Å²) in [6.07, 6.45) is 1.87. The van der Waals surface area contributed by atoms with Crippen molar-refractivity contribution < 1.29 is 0 Å². The first-order chi connectivity index (χ1) is 5.36. The van der Waals surface area contributed by atoms with Crippen LogP contribution in [-0.4, -0.2) is 15.2 Å². The summed E-state index contributed by atoms with van der Waals surface area (Å²) < 4.78 is 0.808. The van der Waals surface area contributed by atoms with E-state index in [0.717, 1.165) is 14.6 Å². The maximum atomic E-state index is 3.95. The van der Waals surface area contributed by atoms with Gasteiger partial charge in [-0.1, -0.05) is 11.3 Å². The second kappa shape index (κ2) is 2.75. The van der Waals surface area contributed by atoms with Gasteiger partial charge in [-0.15, -0.1) is 10.2 Å². The van der Waals surface area contributed by atoms with Gasteiger partial charge in [-0.2, -0.15) is 0 Å². The van der Waals surface area contributed by atoms with Crippen molar-refractivity contribution in [2.24, 2.45) is 0 Å². The van der Waals surface area contributed by atoms with Gasteiger partial charge in [0.05, 0.1) is 5.69 Å². The van der Waals surface area contributed by atoms with E-state index in [1.54, 1.807) is 0 Å². The molecule has 2 aromatic rings. The van der Waals surface area contributed by atoms with Gasteiger partial charge < -0.3 is 4.98 Å². The van der Waals surface area contributed by atoms with Crippen LogP contribution >= 0.6 is 27.3 Å². The molecule has 0 aliphatic carbocycles. The Labute approximate surface area is 75.6 Å². The average Bonchev–Trinajstić information content (AvgIpc) is 2.55. The van der Waals surface area contributed by atoms with Gasteiger partial charge in [-0.25, -0.2) is 0 Å². The van der Waals surface area contributed by atoms with E-state index >= 15 is 0 Å². The Morgan fingerprint density at radius 2 is 2.36 bits per heavy atom. The molecule has 0 bridgehead atoms. The Morgan fingerprint density at radius 1 is 1.45 bits per heavy atom. The number of halogens is 1. The van der Waals surface area contributed by atoms with Crippen molar-refractivity contribution in [3.8, 4) is 10.7 Å². The van der Waals surface area contributed by atoms with Crippen molar-refractivity contribution in [2.75, 3.05) is 0 Å². The van der Waals surface area contributed by atoms with E-state index in [9.17, 15) is 0 Å². The summed E-state index contributed by atoms with van der Waals surface area (Å²) in [5.74, 6) is 0. The minimum Gasteiger partial charge on any atom is -0.359 e. The Bertz CT molecular complexity index is 340. The van der Waals surface area contributed by atoms with E-state index in [1.165, 1.54) is 11.3 Å². The molecule has 56 valence electrons. The van der Waals surface area contributed by atoms with E-state index in [1.807, 2.05) is 18.3 Å². The van der Waals surface area contributed by atoms with Crippen LogP contribution in [-0.2, 0) is 0 Å². The predicted molar refractivity (Wildman–Crippen MR) is 47.4 cm³/mol. The van der Waals surface area contributed by atoms with Crippen LogP contribution in [0.4, 0.5) is 0 Å². The molecule has 11 heavy (non-hydrogen) atoms. The molecule has 0 aliphatic heterocycles. The van der Waals surface area contributed by atoms with E-state index < -0.39 is 0 Å². The SMILES string of the molecule is Brc1nnc(-c2ccc[nH]2)s1. The lowest BCUT2D eigenvalue weighted by molar-refractivity contribution is 1.07. The Balaban J connectivity index is 2.45. The normalized spacial score (nSPS) is 10.3. The van der Waals surface area contributed by atoms with E-state index in [2.05, 4.69) is 31.1 Å². The third kappa shape index (κ3) is 1.34. The quantitative estimate of drug-likeness (QED) is 0.816. The van der Waals surface area contributed by atoms with E-state index in [-0.39, 0.29) is 0 Å². The lowest BCUT2D eigenvalue weighted by atomic mass is 10.5. The number of rotatable bonds is 1. The van der Waals surface area contributed by atoms with Crippen LogP contribution in [0.1, 0.15) is 0 Å². The highest BCUT2D eigenvalue weighted by atomic mass is 79.9. The Hall–Kier alpha value is -0.680. The van der Waals surface area contributed by atoms with Crippen LogP contribution < -0.4 is 0 Å². The first-order valence-electron chi connectivity index (χ1n) is 2.99. The molecule has 0 spiro atoms. The van der Waals surface area contributed by atoms with Crippen LogP contribution in [0.15, 0.2) is 22.2 Å². The minimum absolute atomic E-state index is 0.808. The van der Waals surface area contributed by atoms with Gasteiger partial charge in [-0.3, -0.25) is 0 Å². The third-order valence-corrected chi connectivity index (χ3v) is 2.62. The molecule has 2 rings (SSSR count). The van der Waals surface area contributed by atoms with Crippen molar-refractivity contribution in [1.29, 1.82) is 0 Å². The first-order valence-corrected chi connectivity index (χ1v) is 4.60. The second-order valence-electron chi connectivity index (χ2n) is 1.94. The van der Waals surface area contributed by atoms with Crippen molar-refractivity contribution >= 4 is 27.3 Å². The van der Waals surface area contributed by atoms with E-state index in [0.29, 0.717) is 0 Å². The monoisotopic (exact) mass is 229 g/mol. The van der Waals surface area contributed by atoms with Gasteiger partial charge in [0.1, 0.15) is 0 Å². The van der Waals surface area contributed by atoms with Gasteiger partial charge >= 0.3 is 0 Å². The van der Waals surface area contributed by atoms with E-state index in [4.69, 9.17) is 0 Å². The van der Waals surface area contributed by atoms with Gasteiger partial charge in [0, 0.05) is 6.20 Å². The molecule has 0 radical (unpaired) electrons. The molecule has 0 aliphatic rings. The number of H-pyrrole nitrogens is 1. The summed E-state index contributed by atoms with van der Waals surface area (Å²) in [4.78, 5) is 3.05. The van der Waals surface area contributed by atoms with Crippen LogP contribution in [0, 0.1) is 0 Å². The molecule has 0 atom stereocenters. The van der Waals surface area contributed by atoms with Gasteiger partial charge in [0.2, 0.25) is 0 Å². The average molecular weight is 230 g/mol. The zero-order valence-corrected chi connectivity index (χ0v) is 7.82. The fourth-order valence-corrected chi connectivity index (χ4v) is 1.88. The lowest BCUT2D eigenvalue weighted by Crippen LogP contribution is -1.73. The number of hydrogen-bond donors (Lipinski definition) is 1. The third-order valence-electron chi connectivity index (χ3n) is 1.23. The fourth-order valence-electron chi connectivity index (χ4n) is 0.778. The molecular weight excluding hydrogens is 226 g/mol. The molecule has 0 saturated heterocycles. The zero-order chi connectivity index (χ0) is 7.68. The maximum absolute atomic E-state index is 3.95. The molecule has 0 unspecified atom stereocenters. The van der Waals surface area contributed by atoms with Gasteiger partial charge in [0.25, 0.3) is 0 Å². The standard InChI is InChI=1S/C6H4BrN3S/c7-6-10-9-5(11-6)4-2-1-3-8-4/h1-3,8H. The van der Waals surface area contributed by atoms with Crippen LogP contribution in [0.5, 0.6) is 0 Å². The molecule has 0 aromatic carbocycles. The van der Waals surface area contributed by atoms with Crippen LogP contribution in [0.3, 0.4) is 0 Å². The van der Waals surface area contributed by atoms with Crippen molar-refractivity contribution in [2.45, 2.75) is 0 Å². The van der Waals surface area contributed by atoms with Crippen LogP contribution in [0.2, 0.25) is 0 Å². The lowest BCUT2D eigenvalue weighted by Gasteiger charge is -1.83. The highest BCUT2D eigenvalue weighted by molar-refractivity contribution is 9.11. The molecule has 1 N–H and O–H groups in total. The summed E-state index contributed by atoms with van der Waals surface area (Å²) >= 11 is 4.76. The fraction of sp³-hybridized carbons (Fsp3) is 0. The van der Waals surface area contributed by atoms with Crippen molar-refractivity contribution in [1.82, 2.24) is 15.2 Å². The van der Waals surface area contributed by atoms with Crippen molar-refractivity contribution in [3.63, 3.8) is 0 Å². The maximum Gasteiger partial charge on any atom is 0.183 e. The highest BCUT2D eigenvalue weighted by Gasteiger charge is 2.03. The number of nitrogens with zero attached hydrogens (tertiary/aromatic N) is 2. The summed E-state index contributed by atoms with van der Waals surface area (Å²) in [6.45, 7) is 0. The first kappa shape index (κ1) is 7.00. The molecule has 0 amide bonds. The number of hydrogen-bond acceptors (Lipinski definition) is 3. The predicted octanol–water partition coefficient (Wildman–Crippen LogP) is 2.30. The number of nitrogens with one attached hydrogen (secondary N) is 1. The van der Waals surface area contributed by atoms with Crippen molar-refractivity contribution in [3.05, 3.63) is 22.2 Å². The summed E-state index contributed by atoms with van der Waals surface area (Å²) in [6, 6.07) is 3.90. The summed E-state index contributed by atoms with van der Waals surface area (Å²) in [5, 5.41) is 8.69. The molecule has 2 aromatic heterocycles. The molecular formula is C6H4BrN3S. The topological polar surface area (TPSA) is 41.6 Å². The molecule has 0 saturated carbocycles. The number of aromatic nitrogens is 3. The molecule has 2 heterocycles. The summed E-state index contributed by atoms with van der Waals surface area (Å²) in [5.41, 5.74) is 1.01. The highest BCUT2D eigenvalue weighted by Crippen LogP contribution is 2.24. The van der Waals surface area contributed by atoms with Gasteiger partial charge in [0.15, 0.2) is 8.92 Å². The number of aromatic amines is 1. The zero-order valence-electron chi connectivity index (χ0n) is 5.41. The smallest absolute Gasteiger partial charge is 0.183 e.